The minimum absolute atomic E-state index is 0.0789. The normalized spacial score (nSPS) is 19.0. The van der Waals surface area contributed by atoms with Gasteiger partial charge in [-0.05, 0) is 22.1 Å². The summed E-state index contributed by atoms with van der Waals surface area (Å²) < 4.78 is 5.38. The smallest absolute Gasteiger partial charge is 0.0698 e. The average Bonchev–Trinajstić information content (AvgIpc) is 2.79. The maximum Gasteiger partial charge on any atom is 0.0698 e. The molecule has 4 heteroatoms. The monoisotopic (exact) mass is 292 g/mol. The van der Waals surface area contributed by atoms with Gasteiger partial charge in [0, 0.05) is 25.7 Å². The molecule has 118 valence electrons. The Morgan fingerprint density at radius 3 is 2.71 bits per heavy atom. The third kappa shape index (κ3) is 3.83. The van der Waals surface area contributed by atoms with Crippen molar-refractivity contribution in [1.82, 2.24) is 4.90 Å². The van der Waals surface area contributed by atoms with Gasteiger partial charge in [-0.25, -0.2) is 0 Å². The van der Waals surface area contributed by atoms with Crippen LogP contribution < -0.4 is 5.73 Å². The molecule has 0 aromatic heterocycles. The lowest BCUT2D eigenvalue weighted by Gasteiger charge is -2.24. The van der Waals surface area contributed by atoms with E-state index >= 15 is 0 Å². The second-order valence-corrected chi connectivity index (χ2v) is 6.72. The van der Waals surface area contributed by atoms with Crippen LogP contribution in [0.1, 0.15) is 43.5 Å². The van der Waals surface area contributed by atoms with E-state index in [2.05, 4.69) is 43.9 Å². The third-order valence-electron chi connectivity index (χ3n) is 4.17. The quantitative estimate of drug-likeness (QED) is 0.785. The SMILES string of the molecule is CC(C)(C)c1ccc2c(c1)C(CN)N(CCOCCO)C2. The third-order valence-corrected chi connectivity index (χ3v) is 4.17. The number of fused-ring (bicyclic) bond motifs is 1. The minimum Gasteiger partial charge on any atom is -0.394 e. The van der Waals surface area contributed by atoms with Crippen molar-refractivity contribution in [3.63, 3.8) is 0 Å². The average molecular weight is 292 g/mol. The van der Waals surface area contributed by atoms with Crippen molar-refractivity contribution < 1.29 is 9.84 Å². The van der Waals surface area contributed by atoms with Crippen LogP contribution in [0.25, 0.3) is 0 Å². The molecule has 0 bridgehead atoms. The zero-order chi connectivity index (χ0) is 15.5. The molecule has 0 saturated carbocycles. The fourth-order valence-electron chi connectivity index (χ4n) is 2.90. The molecule has 1 aromatic rings. The van der Waals surface area contributed by atoms with Gasteiger partial charge in [0.15, 0.2) is 0 Å². The highest BCUT2D eigenvalue weighted by molar-refractivity contribution is 5.40. The Bertz CT molecular complexity index is 468. The number of nitrogens with zero attached hydrogens (tertiary/aromatic N) is 1. The summed E-state index contributed by atoms with van der Waals surface area (Å²) in [5, 5.41) is 8.75. The van der Waals surface area contributed by atoms with Crippen LogP contribution in [0.3, 0.4) is 0 Å². The summed E-state index contributed by atoms with van der Waals surface area (Å²) in [5.41, 5.74) is 10.3. The molecule has 0 spiro atoms. The van der Waals surface area contributed by atoms with E-state index < -0.39 is 0 Å². The maximum absolute atomic E-state index is 8.75. The Balaban J connectivity index is 2.10. The molecule has 3 N–H and O–H groups in total. The summed E-state index contributed by atoms with van der Waals surface area (Å²) in [6, 6.07) is 7.08. The van der Waals surface area contributed by atoms with E-state index in [1.807, 2.05) is 0 Å². The Morgan fingerprint density at radius 1 is 1.33 bits per heavy atom. The highest BCUT2D eigenvalue weighted by Gasteiger charge is 2.30. The highest BCUT2D eigenvalue weighted by Crippen LogP contribution is 2.35. The van der Waals surface area contributed by atoms with Gasteiger partial charge in [0.25, 0.3) is 0 Å². The van der Waals surface area contributed by atoms with E-state index in [-0.39, 0.29) is 18.1 Å². The van der Waals surface area contributed by atoms with Crippen molar-refractivity contribution in [2.75, 3.05) is 32.9 Å². The number of hydrogen-bond acceptors (Lipinski definition) is 4. The van der Waals surface area contributed by atoms with Crippen LogP contribution in [0.2, 0.25) is 0 Å². The van der Waals surface area contributed by atoms with E-state index in [4.69, 9.17) is 15.6 Å². The molecule has 0 amide bonds. The van der Waals surface area contributed by atoms with Crippen molar-refractivity contribution in [3.8, 4) is 0 Å². The predicted octanol–water partition coefficient (Wildman–Crippen LogP) is 1.81. The molecule has 1 aliphatic heterocycles. The molecule has 21 heavy (non-hydrogen) atoms. The fourth-order valence-corrected chi connectivity index (χ4v) is 2.90. The first-order chi connectivity index (χ1) is 9.97. The van der Waals surface area contributed by atoms with Crippen LogP contribution in [0, 0.1) is 0 Å². The number of ether oxygens (including phenoxy) is 1. The summed E-state index contributed by atoms with van der Waals surface area (Å²) in [4.78, 5) is 2.37. The van der Waals surface area contributed by atoms with E-state index in [0.29, 0.717) is 19.8 Å². The van der Waals surface area contributed by atoms with Crippen molar-refractivity contribution in [2.45, 2.75) is 38.8 Å². The van der Waals surface area contributed by atoms with Crippen LogP contribution in [-0.2, 0) is 16.7 Å². The van der Waals surface area contributed by atoms with Gasteiger partial charge in [-0.3, -0.25) is 4.90 Å². The summed E-state index contributed by atoms with van der Waals surface area (Å²) in [7, 11) is 0. The molecule has 4 nitrogen and oxygen atoms in total. The molecule has 1 heterocycles. The van der Waals surface area contributed by atoms with Gasteiger partial charge in [-0.1, -0.05) is 39.0 Å². The van der Waals surface area contributed by atoms with Gasteiger partial charge in [-0.2, -0.15) is 0 Å². The standard InChI is InChI=1S/C17H28N2O2/c1-17(2,3)14-5-4-13-12-19(6-8-21-9-7-20)16(11-18)15(13)10-14/h4-5,10,16,20H,6-9,11-12,18H2,1-3H3. The fraction of sp³-hybridized carbons (Fsp3) is 0.647. The van der Waals surface area contributed by atoms with Crippen molar-refractivity contribution >= 4 is 0 Å². The first-order valence-electron chi connectivity index (χ1n) is 7.73. The lowest BCUT2D eigenvalue weighted by Crippen LogP contribution is -2.31. The van der Waals surface area contributed by atoms with E-state index in [1.54, 1.807) is 0 Å². The lowest BCUT2D eigenvalue weighted by atomic mass is 9.85. The molecule has 1 aromatic carbocycles. The first-order valence-corrected chi connectivity index (χ1v) is 7.73. The van der Waals surface area contributed by atoms with E-state index in [9.17, 15) is 0 Å². The summed E-state index contributed by atoms with van der Waals surface area (Å²) in [5.74, 6) is 0. The van der Waals surface area contributed by atoms with Gasteiger partial charge in [0.05, 0.1) is 19.8 Å². The molecule has 2 rings (SSSR count). The molecule has 0 fully saturated rings. The van der Waals surface area contributed by atoms with Crippen LogP contribution in [0.4, 0.5) is 0 Å². The Labute approximate surface area is 127 Å². The lowest BCUT2D eigenvalue weighted by molar-refractivity contribution is 0.0657. The highest BCUT2D eigenvalue weighted by atomic mass is 16.5. The number of aliphatic hydroxyl groups is 1. The second-order valence-electron chi connectivity index (χ2n) is 6.72. The van der Waals surface area contributed by atoms with Crippen LogP contribution in [0.15, 0.2) is 18.2 Å². The maximum atomic E-state index is 8.75. The van der Waals surface area contributed by atoms with Gasteiger partial charge in [0.2, 0.25) is 0 Å². The number of rotatable bonds is 6. The van der Waals surface area contributed by atoms with Crippen molar-refractivity contribution in [1.29, 1.82) is 0 Å². The van der Waals surface area contributed by atoms with Crippen LogP contribution in [-0.4, -0.2) is 42.9 Å². The molecule has 0 aliphatic carbocycles. The zero-order valence-corrected chi connectivity index (χ0v) is 13.4. The molecule has 0 radical (unpaired) electrons. The van der Waals surface area contributed by atoms with Crippen molar-refractivity contribution in [3.05, 3.63) is 34.9 Å². The number of benzene rings is 1. The van der Waals surface area contributed by atoms with Gasteiger partial charge < -0.3 is 15.6 Å². The molecule has 1 atom stereocenters. The molecular formula is C17H28N2O2. The minimum atomic E-state index is 0.0789. The van der Waals surface area contributed by atoms with Crippen LogP contribution >= 0.6 is 0 Å². The Kier molecular flexibility index (Phi) is 5.38. The first kappa shape index (κ1) is 16.4. The van der Waals surface area contributed by atoms with Crippen LogP contribution in [0.5, 0.6) is 0 Å². The van der Waals surface area contributed by atoms with Gasteiger partial charge in [-0.15, -0.1) is 0 Å². The number of nitrogens with two attached hydrogens (primary N) is 1. The van der Waals surface area contributed by atoms with Gasteiger partial charge >= 0.3 is 0 Å². The molecule has 1 unspecified atom stereocenters. The summed E-state index contributed by atoms with van der Waals surface area (Å²) >= 11 is 0. The van der Waals surface area contributed by atoms with E-state index in [1.165, 1.54) is 16.7 Å². The molecule has 1 aliphatic rings. The van der Waals surface area contributed by atoms with Gasteiger partial charge in [0.1, 0.15) is 0 Å². The molecule has 0 saturated heterocycles. The Hall–Kier alpha value is -0.940. The second kappa shape index (κ2) is 6.88. The molecular weight excluding hydrogens is 264 g/mol. The number of aliphatic hydroxyl groups excluding tert-OH is 1. The Morgan fingerprint density at radius 2 is 2.10 bits per heavy atom. The predicted molar refractivity (Wildman–Crippen MR) is 85.3 cm³/mol. The summed E-state index contributed by atoms with van der Waals surface area (Å²) in [6.07, 6.45) is 0. The van der Waals surface area contributed by atoms with Crippen molar-refractivity contribution in [2.24, 2.45) is 5.73 Å². The summed E-state index contributed by atoms with van der Waals surface area (Å²) in [6.45, 7) is 10.2. The topological polar surface area (TPSA) is 58.7 Å². The van der Waals surface area contributed by atoms with E-state index in [0.717, 1.165) is 13.1 Å². The zero-order valence-electron chi connectivity index (χ0n) is 13.4. The number of hydrogen-bond donors (Lipinski definition) is 2. The largest absolute Gasteiger partial charge is 0.394 e.